The van der Waals surface area contributed by atoms with Crippen molar-refractivity contribution < 1.29 is 4.39 Å². The van der Waals surface area contributed by atoms with E-state index in [1.54, 1.807) is 6.07 Å². The van der Waals surface area contributed by atoms with E-state index in [-0.39, 0.29) is 5.82 Å². The van der Waals surface area contributed by atoms with Gasteiger partial charge in [-0.1, -0.05) is 26.0 Å². The molecule has 0 amide bonds. The second-order valence-corrected chi connectivity index (χ2v) is 5.85. The average Bonchev–Trinajstić information content (AvgIpc) is 2.32. The molecule has 0 heterocycles. The Bertz CT molecular complexity index is 390. The Morgan fingerprint density at radius 2 is 1.95 bits per heavy atom. The quantitative estimate of drug-likeness (QED) is 0.813. The standard InChI is InChI=1S/C16H27FN2/c1-12(2)8-13(3)19(5)11-15-9-14(10-18-4)6-7-16(15)17/h6-7,9,12-13,18H,8,10-11H2,1-5H3. The van der Waals surface area contributed by atoms with Crippen molar-refractivity contribution in [3.8, 4) is 0 Å². The Balaban J connectivity index is 2.72. The molecule has 1 N–H and O–H groups in total. The maximum Gasteiger partial charge on any atom is 0.127 e. The van der Waals surface area contributed by atoms with E-state index in [1.165, 1.54) is 0 Å². The summed E-state index contributed by atoms with van der Waals surface area (Å²) >= 11 is 0. The number of nitrogens with one attached hydrogen (secondary N) is 1. The molecule has 1 unspecified atom stereocenters. The monoisotopic (exact) mass is 266 g/mol. The number of benzene rings is 1. The lowest BCUT2D eigenvalue weighted by Gasteiger charge is -2.26. The lowest BCUT2D eigenvalue weighted by Crippen LogP contribution is -2.30. The summed E-state index contributed by atoms with van der Waals surface area (Å²) in [5.41, 5.74) is 1.91. The third-order valence-corrected chi connectivity index (χ3v) is 3.48. The molecule has 0 bridgehead atoms. The predicted octanol–water partition coefficient (Wildman–Crippen LogP) is 3.41. The second-order valence-electron chi connectivity index (χ2n) is 5.85. The summed E-state index contributed by atoms with van der Waals surface area (Å²) in [5.74, 6) is 0.557. The zero-order valence-corrected chi connectivity index (χ0v) is 12.8. The van der Waals surface area contributed by atoms with Crippen LogP contribution in [0.25, 0.3) is 0 Å². The number of hydrogen-bond donors (Lipinski definition) is 1. The van der Waals surface area contributed by atoms with Gasteiger partial charge in [0.2, 0.25) is 0 Å². The van der Waals surface area contributed by atoms with E-state index in [2.05, 4.69) is 38.0 Å². The summed E-state index contributed by atoms with van der Waals surface area (Å²) in [6.45, 7) is 8.09. The molecular formula is C16H27FN2. The third-order valence-electron chi connectivity index (χ3n) is 3.48. The highest BCUT2D eigenvalue weighted by atomic mass is 19.1. The molecule has 0 aromatic heterocycles. The normalized spacial score (nSPS) is 13.3. The van der Waals surface area contributed by atoms with Gasteiger partial charge < -0.3 is 5.32 Å². The Morgan fingerprint density at radius 1 is 1.26 bits per heavy atom. The molecule has 0 spiro atoms. The highest BCUT2D eigenvalue weighted by molar-refractivity contribution is 5.25. The van der Waals surface area contributed by atoms with Crippen LogP contribution in [0.5, 0.6) is 0 Å². The summed E-state index contributed by atoms with van der Waals surface area (Å²) in [5, 5.41) is 3.10. The van der Waals surface area contributed by atoms with Gasteiger partial charge in [-0.3, -0.25) is 4.90 Å². The minimum atomic E-state index is -0.108. The van der Waals surface area contributed by atoms with Crippen molar-refractivity contribution in [3.05, 3.63) is 35.1 Å². The molecule has 0 aliphatic carbocycles. The lowest BCUT2D eigenvalue weighted by molar-refractivity contribution is 0.218. The molecule has 1 aromatic rings. The van der Waals surface area contributed by atoms with Gasteiger partial charge in [0, 0.05) is 24.7 Å². The molecule has 0 saturated carbocycles. The number of hydrogen-bond acceptors (Lipinski definition) is 2. The second kappa shape index (κ2) is 7.61. The van der Waals surface area contributed by atoms with Crippen LogP contribution in [-0.4, -0.2) is 25.0 Å². The van der Waals surface area contributed by atoms with Crippen molar-refractivity contribution in [3.63, 3.8) is 0 Å². The Morgan fingerprint density at radius 3 is 2.53 bits per heavy atom. The Hall–Kier alpha value is -0.930. The number of nitrogens with zero attached hydrogens (tertiary/aromatic N) is 1. The molecule has 0 aliphatic heterocycles. The maximum absolute atomic E-state index is 13.8. The first-order chi connectivity index (χ1) is 8.93. The molecule has 1 atom stereocenters. The largest absolute Gasteiger partial charge is 0.316 e. The van der Waals surface area contributed by atoms with E-state index in [0.717, 1.165) is 24.1 Å². The molecule has 108 valence electrons. The van der Waals surface area contributed by atoms with Crippen LogP contribution in [0.2, 0.25) is 0 Å². The Labute approximate surface area is 117 Å². The molecule has 0 saturated heterocycles. The van der Waals surface area contributed by atoms with Gasteiger partial charge in [0.15, 0.2) is 0 Å². The highest BCUT2D eigenvalue weighted by Crippen LogP contribution is 2.16. The van der Waals surface area contributed by atoms with E-state index in [9.17, 15) is 4.39 Å². The van der Waals surface area contributed by atoms with Gasteiger partial charge in [-0.2, -0.15) is 0 Å². The number of rotatable bonds is 7. The van der Waals surface area contributed by atoms with Gasteiger partial charge in [0.1, 0.15) is 5.82 Å². The molecule has 1 aromatic carbocycles. The fraction of sp³-hybridized carbons (Fsp3) is 0.625. The van der Waals surface area contributed by atoms with Crippen LogP contribution in [0, 0.1) is 11.7 Å². The van der Waals surface area contributed by atoms with E-state index in [4.69, 9.17) is 0 Å². The third kappa shape index (κ3) is 5.29. The van der Waals surface area contributed by atoms with Gasteiger partial charge in [-0.25, -0.2) is 4.39 Å². The summed E-state index contributed by atoms with van der Waals surface area (Å²) in [6.07, 6.45) is 1.13. The highest BCUT2D eigenvalue weighted by Gasteiger charge is 2.13. The van der Waals surface area contributed by atoms with Crippen molar-refractivity contribution in [2.75, 3.05) is 14.1 Å². The molecule has 0 fully saturated rings. The molecule has 0 radical (unpaired) electrons. The minimum absolute atomic E-state index is 0.108. The van der Waals surface area contributed by atoms with Crippen LogP contribution >= 0.6 is 0 Å². The predicted molar refractivity (Wildman–Crippen MR) is 79.5 cm³/mol. The van der Waals surface area contributed by atoms with Crippen LogP contribution in [0.1, 0.15) is 38.3 Å². The van der Waals surface area contributed by atoms with Crippen molar-refractivity contribution in [2.24, 2.45) is 5.92 Å². The Kier molecular flexibility index (Phi) is 6.46. The van der Waals surface area contributed by atoms with Gasteiger partial charge in [0.25, 0.3) is 0 Å². The van der Waals surface area contributed by atoms with Crippen molar-refractivity contribution in [1.29, 1.82) is 0 Å². The van der Waals surface area contributed by atoms with E-state index < -0.39 is 0 Å². The summed E-state index contributed by atoms with van der Waals surface area (Å²) in [7, 11) is 3.97. The first-order valence-corrected chi connectivity index (χ1v) is 7.06. The maximum atomic E-state index is 13.8. The first kappa shape index (κ1) is 16.1. The molecule has 2 nitrogen and oxygen atoms in total. The SMILES string of the molecule is CNCc1ccc(F)c(CN(C)C(C)CC(C)C)c1. The van der Waals surface area contributed by atoms with E-state index >= 15 is 0 Å². The summed E-state index contributed by atoms with van der Waals surface area (Å²) in [6, 6.07) is 5.84. The molecule has 1 rings (SSSR count). The van der Waals surface area contributed by atoms with Gasteiger partial charge in [0.05, 0.1) is 0 Å². The van der Waals surface area contributed by atoms with Gasteiger partial charge in [-0.05, 0) is 45.0 Å². The molecular weight excluding hydrogens is 239 g/mol. The topological polar surface area (TPSA) is 15.3 Å². The van der Waals surface area contributed by atoms with Crippen LogP contribution in [0.3, 0.4) is 0 Å². The van der Waals surface area contributed by atoms with Crippen LogP contribution < -0.4 is 5.32 Å². The van der Waals surface area contributed by atoms with E-state index in [0.29, 0.717) is 18.5 Å². The van der Waals surface area contributed by atoms with Crippen molar-refractivity contribution in [2.45, 2.75) is 46.3 Å². The fourth-order valence-electron chi connectivity index (χ4n) is 2.35. The molecule has 3 heteroatoms. The average molecular weight is 266 g/mol. The van der Waals surface area contributed by atoms with Crippen LogP contribution in [0.4, 0.5) is 4.39 Å². The smallest absolute Gasteiger partial charge is 0.127 e. The minimum Gasteiger partial charge on any atom is -0.316 e. The van der Waals surface area contributed by atoms with Gasteiger partial charge >= 0.3 is 0 Å². The lowest BCUT2D eigenvalue weighted by atomic mass is 10.0. The number of halogens is 1. The van der Waals surface area contributed by atoms with Crippen molar-refractivity contribution in [1.82, 2.24) is 10.2 Å². The molecule has 19 heavy (non-hydrogen) atoms. The summed E-state index contributed by atoms with van der Waals surface area (Å²) in [4.78, 5) is 2.22. The van der Waals surface area contributed by atoms with E-state index in [1.807, 2.05) is 19.2 Å². The van der Waals surface area contributed by atoms with Crippen LogP contribution in [-0.2, 0) is 13.1 Å². The molecule has 0 aliphatic rings. The summed E-state index contributed by atoms with van der Waals surface area (Å²) < 4.78 is 13.8. The zero-order chi connectivity index (χ0) is 14.4. The fourth-order valence-corrected chi connectivity index (χ4v) is 2.35. The van der Waals surface area contributed by atoms with Crippen LogP contribution in [0.15, 0.2) is 18.2 Å². The van der Waals surface area contributed by atoms with Gasteiger partial charge in [-0.15, -0.1) is 0 Å². The van der Waals surface area contributed by atoms with Crippen molar-refractivity contribution >= 4 is 0 Å². The first-order valence-electron chi connectivity index (χ1n) is 7.06. The zero-order valence-electron chi connectivity index (χ0n) is 12.8.